The Morgan fingerprint density at radius 2 is 2.11 bits per heavy atom. The standard InChI is InChI=1S/C13H16ClNO3S/c1-2-15(10-7-8-19(17,18)9-10)13(16)11-5-3-4-6-12(11)14/h3-6,10H,2,7-9H2,1H3. The molecule has 1 fully saturated rings. The van der Waals surface area contributed by atoms with Crippen LogP contribution < -0.4 is 0 Å². The number of halogens is 1. The maximum atomic E-state index is 12.4. The number of sulfone groups is 1. The van der Waals surface area contributed by atoms with Gasteiger partial charge in [-0.3, -0.25) is 4.79 Å². The lowest BCUT2D eigenvalue weighted by atomic mass is 10.1. The van der Waals surface area contributed by atoms with E-state index in [9.17, 15) is 13.2 Å². The van der Waals surface area contributed by atoms with Gasteiger partial charge in [0.2, 0.25) is 0 Å². The summed E-state index contributed by atoms with van der Waals surface area (Å²) in [6.45, 7) is 2.32. The third-order valence-electron chi connectivity index (χ3n) is 3.35. The first-order valence-corrected chi connectivity index (χ1v) is 8.40. The summed E-state index contributed by atoms with van der Waals surface area (Å²) in [5.41, 5.74) is 0.426. The fourth-order valence-electron chi connectivity index (χ4n) is 2.38. The molecule has 1 amide bonds. The molecule has 1 heterocycles. The molecule has 1 saturated heterocycles. The van der Waals surface area contributed by atoms with Crippen LogP contribution in [0.4, 0.5) is 0 Å². The molecule has 1 unspecified atom stereocenters. The van der Waals surface area contributed by atoms with Crippen LogP contribution >= 0.6 is 11.6 Å². The lowest BCUT2D eigenvalue weighted by Crippen LogP contribution is -2.41. The summed E-state index contributed by atoms with van der Waals surface area (Å²) < 4.78 is 23.0. The van der Waals surface area contributed by atoms with Gasteiger partial charge in [-0.05, 0) is 25.5 Å². The predicted octanol–water partition coefficient (Wildman–Crippen LogP) is 1.99. The normalized spacial score (nSPS) is 21.3. The molecule has 0 saturated carbocycles. The Hall–Kier alpha value is -1.07. The maximum Gasteiger partial charge on any atom is 0.255 e. The van der Waals surface area contributed by atoms with Crippen LogP contribution in [0.2, 0.25) is 5.02 Å². The molecule has 104 valence electrons. The van der Waals surface area contributed by atoms with Crippen molar-refractivity contribution in [2.75, 3.05) is 18.1 Å². The van der Waals surface area contributed by atoms with Crippen molar-refractivity contribution >= 4 is 27.3 Å². The molecule has 1 atom stereocenters. The van der Waals surface area contributed by atoms with Gasteiger partial charge >= 0.3 is 0 Å². The van der Waals surface area contributed by atoms with Crippen LogP contribution in [0.1, 0.15) is 23.7 Å². The van der Waals surface area contributed by atoms with Crippen LogP contribution in [0.5, 0.6) is 0 Å². The third kappa shape index (κ3) is 3.09. The lowest BCUT2D eigenvalue weighted by Gasteiger charge is -2.27. The number of carbonyl (C=O) groups excluding carboxylic acids is 1. The molecular weight excluding hydrogens is 286 g/mol. The quantitative estimate of drug-likeness (QED) is 0.858. The summed E-state index contributed by atoms with van der Waals surface area (Å²) in [5, 5.41) is 0.395. The zero-order chi connectivity index (χ0) is 14.0. The van der Waals surface area contributed by atoms with Crippen molar-refractivity contribution in [3.8, 4) is 0 Å². The van der Waals surface area contributed by atoms with E-state index in [0.29, 0.717) is 23.6 Å². The van der Waals surface area contributed by atoms with Gasteiger partial charge < -0.3 is 4.90 Å². The first-order valence-electron chi connectivity index (χ1n) is 6.20. The van der Waals surface area contributed by atoms with Crippen molar-refractivity contribution in [3.05, 3.63) is 34.9 Å². The molecule has 0 N–H and O–H groups in total. The molecule has 2 rings (SSSR count). The van der Waals surface area contributed by atoms with Gasteiger partial charge in [0.05, 0.1) is 22.1 Å². The smallest absolute Gasteiger partial charge is 0.255 e. The molecule has 0 bridgehead atoms. The number of hydrogen-bond acceptors (Lipinski definition) is 3. The van der Waals surface area contributed by atoms with Gasteiger partial charge in [-0.2, -0.15) is 0 Å². The minimum atomic E-state index is -3.00. The van der Waals surface area contributed by atoms with Crippen LogP contribution in [0, 0.1) is 0 Å². The molecule has 0 radical (unpaired) electrons. The highest BCUT2D eigenvalue weighted by molar-refractivity contribution is 7.91. The number of amides is 1. The molecule has 6 heteroatoms. The fraction of sp³-hybridized carbons (Fsp3) is 0.462. The molecule has 0 spiro atoms. The van der Waals surface area contributed by atoms with E-state index in [1.807, 2.05) is 6.92 Å². The van der Waals surface area contributed by atoms with Crippen molar-refractivity contribution in [3.63, 3.8) is 0 Å². The van der Waals surface area contributed by atoms with Gasteiger partial charge in [0.25, 0.3) is 5.91 Å². The summed E-state index contributed by atoms with van der Waals surface area (Å²) in [6, 6.07) is 6.59. The Labute approximate surface area is 118 Å². The number of hydrogen-bond donors (Lipinski definition) is 0. The molecule has 0 aromatic heterocycles. The van der Waals surface area contributed by atoms with Gasteiger partial charge in [-0.25, -0.2) is 8.42 Å². The number of carbonyl (C=O) groups is 1. The van der Waals surface area contributed by atoms with Gasteiger partial charge in [0.15, 0.2) is 9.84 Å². The van der Waals surface area contributed by atoms with E-state index < -0.39 is 9.84 Å². The van der Waals surface area contributed by atoms with Crippen molar-refractivity contribution < 1.29 is 13.2 Å². The summed E-state index contributed by atoms with van der Waals surface area (Å²) in [4.78, 5) is 14.0. The first kappa shape index (κ1) is 14.3. The Kier molecular flexibility index (Phi) is 4.16. The summed E-state index contributed by atoms with van der Waals surface area (Å²) in [6.07, 6.45) is 0.506. The molecule has 0 aliphatic carbocycles. The summed E-state index contributed by atoms with van der Waals surface area (Å²) >= 11 is 6.02. The monoisotopic (exact) mass is 301 g/mol. The second-order valence-corrected chi connectivity index (χ2v) is 7.26. The maximum absolute atomic E-state index is 12.4. The van der Waals surface area contributed by atoms with E-state index in [2.05, 4.69) is 0 Å². The second-order valence-electron chi connectivity index (χ2n) is 4.63. The average Bonchev–Trinajstić information content (AvgIpc) is 2.71. The Bertz CT molecular complexity index is 585. The second kappa shape index (κ2) is 5.51. The third-order valence-corrected chi connectivity index (χ3v) is 5.43. The van der Waals surface area contributed by atoms with Crippen LogP contribution in [0.3, 0.4) is 0 Å². The fourth-order valence-corrected chi connectivity index (χ4v) is 4.33. The molecule has 1 aromatic carbocycles. The Morgan fingerprint density at radius 3 is 2.63 bits per heavy atom. The largest absolute Gasteiger partial charge is 0.335 e. The molecular formula is C13H16ClNO3S. The van der Waals surface area contributed by atoms with E-state index >= 15 is 0 Å². The van der Waals surface area contributed by atoms with Gasteiger partial charge in [0.1, 0.15) is 0 Å². The summed E-state index contributed by atoms with van der Waals surface area (Å²) in [5.74, 6) is 0.0104. The van der Waals surface area contributed by atoms with Crippen molar-refractivity contribution in [2.45, 2.75) is 19.4 Å². The van der Waals surface area contributed by atoms with Crippen LogP contribution in [0.15, 0.2) is 24.3 Å². The van der Waals surface area contributed by atoms with E-state index in [4.69, 9.17) is 11.6 Å². The molecule has 19 heavy (non-hydrogen) atoms. The van der Waals surface area contributed by atoms with Gasteiger partial charge in [-0.15, -0.1) is 0 Å². The van der Waals surface area contributed by atoms with Crippen LogP contribution in [-0.2, 0) is 9.84 Å². The van der Waals surface area contributed by atoms with Crippen LogP contribution in [0.25, 0.3) is 0 Å². The topological polar surface area (TPSA) is 54.5 Å². The lowest BCUT2D eigenvalue weighted by molar-refractivity contribution is 0.0708. The average molecular weight is 302 g/mol. The number of benzene rings is 1. The molecule has 1 aliphatic heterocycles. The minimum absolute atomic E-state index is 0.0526. The first-order chi connectivity index (χ1) is 8.94. The van der Waals surface area contributed by atoms with Crippen molar-refractivity contribution in [1.29, 1.82) is 0 Å². The van der Waals surface area contributed by atoms with Crippen molar-refractivity contribution in [2.24, 2.45) is 0 Å². The molecule has 1 aliphatic rings. The van der Waals surface area contributed by atoms with Gasteiger partial charge in [0, 0.05) is 12.6 Å². The SMILES string of the molecule is CCN(C(=O)c1ccccc1Cl)C1CCS(=O)(=O)C1. The van der Waals surface area contributed by atoms with E-state index in [-0.39, 0.29) is 23.5 Å². The highest BCUT2D eigenvalue weighted by Gasteiger charge is 2.34. The minimum Gasteiger partial charge on any atom is -0.335 e. The van der Waals surface area contributed by atoms with Crippen molar-refractivity contribution in [1.82, 2.24) is 4.90 Å². The van der Waals surface area contributed by atoms with E-state index in [0.717, 1.165) is 0 Å². The summed E-state index contributed by atoms with van der Waals surface area (Å²) in [7, 11) is -3.00. The van der Waals surface area contributed by atoms with E-state index in [1.165, 1.54) is 0 Å². The highest BCUT2D eigenvalue weighted by Crippen LogP contribution is 2.22. The molecule has 4 nitrogen and oxygen atoms in total. The van der Waals surface area contributed by atoms with E-state index in [1.54, 1.807) is 29.2 Å². The number of nitrogens with zero attached hydrogens (tertiary/aromatic N) is 1. The zero-order valence-electron chi connectivity index (χ0n) is 10.7. The van der Waals surface area contributed by atoms with Crippen LogP contribution in [-0.4, -0.2) is 43.3 Å². The van der Waals surface area contributed by atoms with Gasteiger partial charge in [-0.1, -0.05) is 23.7 Å². The highest BCUT2D eigenvalue weighted by atomic mass is 35.5. The predicted molar refractivity (Wildman–Crippen MR) is 75.2 cm³/mol. The molecule has 1 aromatic rings. The Morgan fingerprint density at radius 1 is 1.42 bits per heavy atom. The Balaban J connectivity index is 2.24. The number of rotatable bonds is 3. The zero-order valence-corrected chi connectivity index (χ0v) is 12.2.